The van der Waals surface area contributed by atoms with Gasteiger partial charge >= 0.3 is 5.97 Å². The van der Waals surface area contributed by atoms with E-state index < -0.39 is 18.5 Å². The van der Waals surface area contributed by atoms with Gasteiger partial charge in [-0.2, -0.15) is 0 Å². The van der Waals surface area contributed by atoms with Crippen LogP contribution in [0.15, 0.2) is 42.5 Å². The molecule has 1 heterocycles. The molecule has 0 unspecified atom stereocenters. The van der Waals surface area contributed by atoms with Gasteiger partial charge in [0.15, 0.2) is 6.61 Å². The van der Waals surface area contributed by atoms with E-state index in [4.69, 9.17) is 10.5 Å². The van der Waals surface area contributed by atoms with Crippen LogP contribution in [0.4, 0.5) is 11.5 Å². The third-order valence-electron chi connectivity index (χ3n) is 2.67. The molecule has 1 aromatic heterocycles. The molecule has 0 aliphatic carbocycles. The molecule has 2 rings (SSSR count). The van der Waals surface area contributed by atoms with Crippen LogP contribution in [-0.4, -0.2) is 23.5 Å². The van der Waals surface area contributed by atoms with Crippen molar-refractivity contribution in [1.29, 1.82) is 0 Å². The van der Waals surface area contributed by atoms with Gasteiger partial charge in [-0.15, -0.1) is 0 Å². The zero-order chi connectivity index (χ0) is 15.2. The molecule has 3 N–H and O–H groups in total. The molecule has 6 nitrogen and oxygen atoms in total. The summed E-state index contributed by atoms with van der Waals surface area (Å²) in [5, 5.41) is 2.55. The summed E-state index contributed by atoms with van der Waals surface area (Å²) in [5.74, 6) is -0.688. The molecule has 0 radical (unpaired) electrons. The second-order valence-electron chi connectivity index (χ2n) is 4.38. The average molecular weight is 285 g/mol. The number of anilines is 2. The molecular formula is C15H15N3O3. The van der Waals surface area contributed by atoms with Gasteiger partial charge in [0.2, 0.25) is 0 Å². The van der Waals surface area contributed by atoms with Crippen molar-refractivity contribution >= 4 is 23.4 Å². The molecular weight excluding hydrogens is 270 g/mol. The molecule has 2 aromatic rings. The zero-order valence-corrected chi connectivity index (χ0v) is 11.5. The Morgan fingerprint density at radius 3 is 2.67 bits per heavy atom. The third kappa shape index (κ3) is 4.04. The van der Waals surface area contributed by atoms with Crippen molar-refractivity contribution < 1.29 is 14.3 Å². The van der Waals surface area contributed by atoms with Crippen LogP contribution in [0.1, 0.15) is 16.1 Å². The fraction of sp³-hybridized carbons (Fsp3) is 0.133. The third-order valence-corrected chi connectivity index (χ3v) is 2.67. The number of ether oxygens (including phenoxy) is 1. The van der Waals surface area contributed by atoms with Crippen molar-refractivity contribution in [2.45, 2.75) is 6.92 Å². The van der Waals surface area contributed by atoms with Crippen molar-refractivity contribution in [2.24, 2.45) is 0 Å². The minimum Gasteiger partial charge on any atom is -0.452 e. The predicted octanol–water partition coefficient (Wildman–Crippen LogP) is 1.77. The topological polar surface area (TPSA) is 94.3 Å². The summed E-state index contributed by atoms with van der Waals surface area (Å²) >= 11 is 0. The van der Waals surface area contributed by atoms with E-state index >= 15 is 0 Å². The first-order valence-corrected chi connectivity index (χ1v) is 6.31. The fourth-order valence-electron chi connectivity index (χ4n) is 1.68. The second kappa shape index (κ2) is 6.51. The van der Waals surface area contributed by atoms with Gasteiger partial charge in [-0.25, -0.2) is 9.78 Å². The Balaban J connectivity index is 1.90. The van der Waals surface area contributed by atoms with Gasteiger partial charge in [0.1, 0.15) is 5.82 Å². The number of amides is 1. The highest BCUT2D eigenvalue weighted by atomic mass is 16.5. The molecule has 6 heteroatoms. The van der Waals surface area contributed by atoms with Crippen LogP contribution in [0.5, 0.6) is 0 Å². The zero-order valence-electron chi connectivity index (χ0n) is 11.5. The van der Waals surface area contributed by atoms with E-state index in [1.807, 2.05) is 13.0 Å². The molecule has 0 spiro atoms. The molecule has 0 bridgehead atoms. The number of nitrogens with two attached hydrogens (primary N) is 1. The molecule has 1 amide bonds. The number of para-hydroxylation sites is 1. The lowest BCUT2D eigenvalue weighted by Gasteiger charge is -2.07. The van der Waals surface area contributed by atoms with E-state index in [0.29, 0.717) is 11.5 Å². The van der Waals surface area contributed by atoms with Crippen LogP contribution >= 0.6 is 0 Å². The minimum atomic E-state index is -0.638. The summed E-state index contributed by atoms with van der Waals surface area (Å²) in [4.78, 5) is 27.6. The average Bonchev–Trinajstić information content (AvgIpc) is 2.45. The standard InChI is InChI=1S/C15H15N3O3/c1-10-5-4-8-13(17-10)18-14(19)9-21-15(20)11-6-2-3-7-12(11)16/h2-8H,9,16H2,1H3,(H,17,18,19). The summed E-state index contributed by atoms with van der Waals surface area (Å²) in [7, 11) is 0. The monoisotopic (exact) mass is 285 g/mol. The first-order chi connectivity index (χ1) is 10.1. The number of carbonyl (C=O) groups is 2. The highest BCUT2D eigenvalue weighted by Gasteiger charge is 2.12. The van der Waals surface area contributed by atoms with Gasteiger partial charge in [-0.1, -0.05) is 18.2 Å². The van der Waals surface area contributed by atoms with Crippen LogP contribution in [-0.2, 0) is 9.53 Å². The summed E-state index contributed by atoms with van der Waals surface area (Å²) in [5.41, 5.74) is 6.98. The maximum Gasteiger partial charge on any atom is 0.340 e. The number of nitrogens with zero attached hydrogens (tertiary/aromatic N) is 1. The summed E-state index contributed by atoms with van der Waals surface area (Å²) in [6.07, 6.45) is 0. The molecule has 0 saturated heterocycles. The van der Waals surface area contributed by atoms with Gasteiger partial charge in [0.05, 0.1) is 5.56 Å². The number of nitrogens with one attached hydrogen (secondary N) is 1. The van der Waals surface area contributed by atoms with Crippen molar-refractivity contribution in [3.8, 4) is 0 Å². The first-order valence-electron chi connectivity index (χ1n) is 6.31. The number of carbonyl (C=O) groups excluding carboxylic acids is 2. The van der Waals surface area contributed by atoms with Crippen molar-refractivity contribution in [2.75, 3.05) is 17.7 Å². The minimum absolute atomic E-state index is 0.235. The number of aromatic nitrogens is 1. The van der Waals surface area contributed by atoms with Gasteiger partial charge < -0.3 is 15.8 Å². The van der Waals surface area contributed by atoms with Gasteiger partial charge in [0, 0.05) is 11.4 Å². The van der Waals surface area contributed by atoms with Crippen LogP contribution in [0.2, 0.25) is 0 Å². The number of benzene rings is 1. The molecule has 108 valence electrons. The van der Waals surface area contributed by atoms with E-state index in [1.54, 1.807) is 30.3 Å². The van der Waals surface area contributed by atoms with Crippen LogP contribution in [0.25, 0.3) is 0 Å². The van der Waals surface area contributed by atoms with Gasteiger partial charge in [-0.05, 0) is 31.2 Å². The summed E-state index contributed by atoms with van der Waals surface area (Å²) in [6.45, 7) is 1.41. The molecule has 0 fully saturated rings. The van der Waals surface area contributed by atoms with Crippen LogP contribution in [0, 0.1) is 6.92 Å². The van der Waals surface area contributed by atoms with Gasteiger partial charge in [-0.3, -0.25) is 4.79 Å². The molecule has 1 aromatic carbocycles. The maximum atomic E-state index is 11.8. The summed E-state index contributed by atoms with van der Waals surface area (Å²) < 4.78 is 4.91. The fourth-order valence-corrected chi connectivity index (χ4v) is 1.68. The van der Waals surface area contributed by atoms with Crippen molar-refractivity contribution in [3.05, 3.63) is 53.7 Å². The van der Waals surface area contributed by atoms with E-state index in [2.05, 4.69) is 10.3 Å². The Kier molecular flexibility index (Phi) is 4.50. The number of pyridine rings is 1. The summed E-state index contributed by atoms with van der Waals surface area (Å²) in [6, 6.07) is 11.8. The van der Waals surface area contributed by atoms with Crippen LogP contribution < -0.4 is 11.1 Å². The predicted molar refractivity (Wildman–Crippen MR) is 78.7 cm³/mol. The number of esters is 1. The maximum absolute atomic E-state index is 11.8. The van der Waals surface area contributed by atoms with E-state index in [0.717, 1.165) is 5.69 Å². The Morgan fingerprint density at radius 1 is 1.19 bits per heavy atom. The number of rotatable bonds is 4. The second-order valence-corrected chi connectivity index (χ2v) is 4.38. The Hall–Kier alpha value is -2.89. The normalized spacial score (nSPS) is 9.95. The smallest absolute Gasteiger partial charge is 0.340 e. The highest BCUT2D eigenvalue weighted by Crippen LogP contribution is 2.11. The van der Waals surface area contributed by atoms with E-state index in [1.165, 1.54) is 6.07 Å². The van der Waals surface area contributed by atoms with Gasteiger partial charge in [0.25, 0.3) is 5.91 Å². The molecule has 0 aliphatic rings. The highest BCUT2D eigenvalue weighted by molar-refractivity contribution is 5.97. The van der Waals surface area contributed by atoms with Crippen molar-refractivity contribution in [3.63, 3.8) is 0 Å². The van der Waals surface area contributed by atoms with E-state index in [-0.39, 0.29) is 5.56 Å². The quantitative estimate of drug-likeness (QED) is 0.659. The Labute approximate surface area is 121 Å². The number of aryl methyl sites for hydroxylation is 1. The number of hydrogen-bond donors (Lipinski definition) is 2. The first kappa shape index (κ1) is 14.5. The Morgan fingerprint density at radius 2 is 1.95 bits per heavy atom. The number of nitrogen functional groups attached to an aromatic ring is 1. The lowest BCUT2D eigenvalue weighted by Crippen LogP contribution is -2.21. The number of hydrogen-bond acceptors (Lipinski definition) is 5. The SMILES string of the molecule is Cc1cccc(NC(=O)COC(=O)c2ccccc2N)n1. The molecule has 0 saturated carbocycles. The molecule has 21 heavy (non-hydrogen) atoms. The lowest BCUT2D eigenvalue weighted by molar-refractivity contribution is -0.119. The largest absolute Gasteiger partial charge is 0.452 e. The Bertz CT molecular complexity index is 671. The van der Waals surface area contributed by atoms with E-state index in [9.17, 15) is 9.59 Å². The molecule has 0 aliphatic heterocycles. The lowest BCUT2D eigenvalue weighted by atomic mass is 10.2. The molecule has 0 atom stereocenters. The van der Waals surface area contributed by atoms with Crippen LogP contribution in [0.3, 0.4) is 0 Å². The van der Waals surface area contributed by atoms with Crippen molar-refractivity contribution in [1.82, 2.24) is 4.98 Å².